The topological polar surface area (TPSA) is 78.5 Å². The minimum absolute atomic E-state index is 0.0370. The quantitative estimate of drug-likeness (QED) is 0.690. The molecular formula is C25H31N5O2. The number of amides is 1. The lowest BCUT2D eigenvalue weighted by Crippen LogP contribution is -2.51. The largest absolute Gasteiger partial charge is 0.491 e. The average molecular weight is 434 g/mol. The summed E-state index contributed by atoms with van der Waals surface area (Å²) in [6.07, 6.45) is 7.02. The summed E-state index contributed by atoms with van der Waals surface area (Å²) in [5.74, 6) is 1.78. The highest BCUT2D eigenvalue weighted by Crippen LogP contribution is 2.32. The van der Waals surface area contributed by atoms with E-state index >= 15 is 0 Å². The first-order chi connectivity index (χ1) is 15.6. The van der Waals surface area contributed by atoms with Gasteiger partial charge in [0.25, 0.3) is 5.91 Å². The molecular weight excluding hydrogens is 402 g/mol. The molecule has 32 heavy (non-hydrogen) atoms. The molecule has 7 heteroatoms. The number of carbonyl (C=O) groups excluding carboxylic acids is 1. The Kier molecular flexibility index (Phi) is 4.94. The lowest BCUT2D eigenvalue weighted by molar-refractivity contribution is 0.0915. The molecule has 0 radical (unpaired) electrons. The molecule has 0 spiro atoms. The third-order valence-corrected chi connectivity index (χ3v) is 7.33. The van der Waals surface area contributed by atoms with E-state index in [1.54, 1.807) is 6.20 Å². The molecule has 2 aromatic rings. The number of pyridine rings is 1. The van der Waals surface area contributed by atoms with Crippen LogP contribution in [0.15, 0.2) is 30.5 Å². The van der Waals surface area contributed by atoms with E-state index in [2.05, 4.69) is 51.0 Å². The van der Waals surface area contributed by atoms with E-state index in [0.717, 1.165) is 55.0 Å². The lowest BCUT2D eigenvalue weighted by Gasteiger charge is -2.35. The van der Waals surface area contributed by atoms with E-state index in [1.165, 1.54) is 18.5 Å². The van der Waals surface area contributed by atoms with E-state index in [4.69, 9.17) is 4.74 Å². The molecule has 2 fully saturated rings. The van der Waals surface area contributed by atoms with Crippen molar-refractivity contribution in [2.24, 2.45) is 0 Å². The van der Waals surface area contributed by atoms with Crippen molar-refractivity contribution in [2.45, 2.75) is 63.2 Å². The van der Waals surface area contributed by atoms with Crippen LogP contribution in [0.5, 0.6) is 5.75 Å². The van der Waals surface area contributed by atoms with Crippen molar-refractivity contribution in [3.8, 4) is 5.75 Å². The van der Waals surface area contributed by atoms with Crippen LogP contribution in [0.25, 0.3) is 0 Å². The zero-order chi connectivity index (χ0) is 21.7. The maximum Gasteiger partial charge on any atom is 0.253 e. The van der Waals surface area contributed by atoms with Crippen LogP contribution in [-0.2, 0) is 12.8 Å². The summed E-state index contributed by atoms with van der Waals surface area (Å²) in [4.78, 5) is 19.8. The van der Waals surface area contributed by atoms with Crippen molar-refractivity contribution in [3.63, 3.8) is 0 Å². The van der Waals surface area contributed by atoms with E-state index in [1.807, 2.05) is 6.07 Å². The molecule has 1 amide bonds. The van der Waals surface area contributed by atoms with E-state index in [9.17, 15) is 4.79 Å². The Morgan fingerprint density at radius 2 is 2.00 bits per heavy atom. The highest BCUT2D eigenvalue weighted by Gasteiger charge is 2.33. The van der Waals surface area contributed by atoms with Gasteiger partial charge in [0.05, 0.1) is 11.6 Å². The molecule has 4 aliphatic rings. The van der Waals surface area contributed by atoms with Crippen molar-refractivity contribution in [1.29, 1.82) is 0 Å². The van der Waals surface area contributed by atoms with Gasteiger partial charge in [-0.1, -0.05) is 6.07 Å². The number of nitrogens with one attached hydrogen (secondary N) is 3. The Hall–Kier alpha value is -2.80. The maximum absolute atomic E-state index is 12.9. The minimum Gasteiger partial charge on any atom is -0.491 e. The Labute approximate surface area is 188 Å². The van der Waals surface area contributed by atoms with Crippen molar-refractivity contribution in [2.75, 3.05) is 29.9 Å². The molecule has 6 rings (SSSR count). The van der Waals surface area contributed by atoms with E-state index in [0.29, 0.717) is 30.3 Å². The van der Waals surface area contributed by atoms with Crippen LogP contribution in [0, 0.1) is 0 Å². The second kappa shape index (κ2) is 7.96. The van der Waals surface area contributed by atoms with Crippen LogP contribution in [-0.4, -0.2) is 54.8 Å². The van der Waals surface area contributed by atoms with E-state index in [-0.39, 0.29) is 11.9 Å². The van der Waals surface area contributed by atoms with Crippen LogP contribution in [0.3, 0.4) is 0 Å². The molecule has 1 aromatic carbocycles. The van der Waals surface area contributed by atoms with Gasteiger partial charge >= 0.3 is 0 Å². The zero-order valence-electron chi connectivity index (χ0n) is 18.6. The first-order valence-corrected chi connectivity index (χ1v) is 11.9. The summed E-state index contributed by atoms with van der Waals surface area (Å²) in [7, 11) is 0. The monoisotopic (exact) mass is 433 g/mol. The second-order valence-electron chi connectivity index (χ2n) is 9.84. The highest BCUT2D eigenvalue weighted by molar-refractivity contribution is 5.94. The molecule has 0 aliphatic carbocycles. The number of aryl methyl sites for hydroxylation is 1. The van der Waals surface area contributed by atoms with Crippen molar-refractivity contribution in [1.82, 2.24) is 15.6 Å². The summed E-state index contributed by atoms with van der Waals surface area (Å²) in [6.45, 7) is 4.78. The number of hydrogen-bond donors (Lipinski definition) is 3. The molecule has 2 unspecified atom stereocenters. The molecule has 1 aromatic heterocycles. The number of aromatic nitrogens is 1. The number of hydrogen-bond acceptors (Lipinski definition) is 6. The second-order valence-corrected chi connectivity index (χ2v) is 9.84. The van der Waals surface area contributed by atoms with Crippen molar-refractivity contribution >= 4 is 17.4 Å². The van der Waals surface area contributed by atoms with Gasteiger partial charge in [-0.05, 0) is 62.3 Å². The number of carbonyl (C=O) groups is 1. The van der Waals surface area contributed by atoms with Gasteiger partial charge in [-0.2, -0.15) is 0 Å². The molecule has 4 atom stereocenters. The number of benzene rings is 1. The molecule has 168 valence electrons. The van der Waals surface area contributed by atoms with Gasteiger partial charge in [0, 0.05) is 49.2 Å². The Morgan fingerprint density at radius 3 is 2.84 bits per heavy atom. The fourth-order valence-corrected chi connectivity index (χ4v) is 5.56. The third kappa shape index (κ3) is 3.79. The van der Waals surface area contributed by atoms with Gasteiger partial charge < -0.3 is 25.6 Å². The van der Waals surface area contributed by atoms with Crippen molar-refractivity contribution < 1.29 is 9.53 Å². The van der Waals surface area contributed by atoms with Gasteiger partial charge in [0.15, 0.2) is 0 Å². The summed E-state index contributed by atoms with van der Waals surface area (Å²) in [6, 6.07) is 10.1. The summed E-state index contributed by atoms with van der Waals surface area (Å²) in [5.41, 5.74) is 4.14. The minimum atomic E-state index is -0.0797. The van der Waals surface area contributed by atoms with Gasteiger partial charge in [-0.3, -0.25) is 4.79 Å². The van der Waals surface area contributed by atoms with Crippen molar-refractivity contribution in [3.05, 3.63) is 47.2 Å². The Morgan fingerprint density at radius 1 is 1.16 bits per heavy atom. The first-order valence-electron chi connectivity index (χ1n) is 11.9. The van der Waals surface area contributed by atoms with E-state index < -0.39 is 0 Å². The first kappa shape index (κ1) is 19.9. The van der Waals surface area contributed by atoms with Gasteiger partial charge in [-0.15, -0.1) is 0 Å². The van der Waals surface area contributed by atoms with Crippen LogP contribution in [0.1, 0.15) is 47.7 Å². The number of nitrogens with zero attached hydrogens (tertiary/aromatic N) is 2. The number of anilines is 2. The van der Waals surface area contributed by atoms with Crippen LogP contribution in [0.4, 0.5) is 11.5 Å². The summed E-state index contributed by atoms with van der Waals surface area (Å²) >= 11 is 0. The predicted molar refractivity (Wildman–Crippen MR) is 125 cm³/mol. The number of rotatable bonds is 3. The SMILES string of the molecule is C[C@@H]1CCc2cc(C(=O)N[C@H]3COc4cc(N5CC6CCC(C5)N6)ccc4C3)cnc2N1. The van der Waals surface area contributed by atoms with Crippen LogP contribution in [0.2, 0.25) is 0 Å². The zero-order valence-corrected chi connectivity index (χ0v) is 18.6. The van der Waals surface area contributed by atoms with Crippen LogP contribution >= 0.6 is 0 Å². The molecule has 2 saturated heterocycles. The third-order valence-electron chi connectivity index (χ3n) is 7.33. The van der Waals surface area contributed by atoms with Crippen LogP contribution < -0.4 is 25.6 Å². The molecule has 2 bridgehead atoms. The predicted octanol–water partition coefficient (Wildman–Crippen LogP) is 2.50. The van der Waals surface area contributed by atoms with Gasteiger partial charge in [0.2, 0.25) is 0 Å². The summed E-state index contributed by atoms with van der Waals surface area (Å²) < 4.78 is 6.09. The van der Waals surface area contributed by atoms with Gasteiger partial charge in [0.1, 0.15) is 18.2 Å². The maximum atomic E-state index is 12.9. The standard InChI is InChI=1S/C25H31N5O2/c1-15-2-3-17-8-18(11-26-24(17)27-15)25(31)29-21-9-16-4-7-22(10-23(16)32-14-21)30-12-19-5-6-20(13-30)28-19/h4,7-8,10-11,15,19-21,28H,2-3,5-6,9,12-14H2,1H3,(H,26,27)(H,29,31)/t15-,19?,20?,21-/m1/s1. The molecule has 7 nitrogen and oxygen atoms in total. The molecule has 0 saturated carbocycles. The Bertz CT molecular complexity index is 1030. The average Bonchev–Trinajstić information content (AvgIpc) is 3.15. The number of ether oxygens (including phenoxy) is 1. The smallest absolute Gasteiger partial charge is 0.253 e. The highest BCUT2D eigenvalue weighted by atomic mass is 16.5. The Balaban J connectivity index is 1.11. The normalized spacial score (nSPS) is 28.2. The molecule has 3 N–H and O–H groups in total. The molecule has 5 heterocycles. The van der Waals surface area contributed by atoms with Gasteiger partial charge in [-0.25, -0.2) is 4.98 Å². The fraction of sp³-hybridized carbons (Fsp3) is 0.520. The summed E-state index contributed by atoms with van der Waals surface area (Å²) in [5, 5.41) is 10.2. The fourth-order valence-electron chi connectivity index (χ4n) is 5.56. The number of fused-ring (bicyclic) bond motifs is 4. The number of piperazine rings is 1. The molecule has 4 aliphatic heterocycles. The lowest BCUT2D eigenvalue weighted by atomic mass is 9.99.